The normalized spacial score (nSPS) is 10.8. The molecule has 0 spiro atoms. The summed E-state index contributed by atoms with van der Waals surface area (Å²) in [6.07, 6.45) is 0. The highest BCUT2D eigenvalue weighted by molar-refractivity contribution is 5.82. The third-order valence-corrected chi connectivity index (χ3v) is 2.03. The lowest BCUT2D eigenvalue weighted by Crippen LogP contribution is -1.73. The molecule has 0 bridgehead atoms. The number of aromatic hydroxyl groups is 1. The van der Waals surface area contributed by atoms with Crippen molar-refractivity contribution in [2.75, 3.05) is 0 Å². The summed E-state index contributed by atoms with van der Waals surface area (Å²) in [6, 6.07) is 5.50. The van der Waals surface area contributed by atoms with Crippen molar-refractivity contribution in [1.29, 1.82) is 0 Å². The van der Waals surface area contributed by atoms with Crippen LogP contribution in [0.4, 0.5) is 0 Å². The van der Waals surface area contributed by atoms with Gasteiger partial charge in [0.2, 0.25) is 0 Å². The van der Waals surface area contributed by atoms with E-state index in [0.29, 0.717) is 0 Å². The van der Waals surface area contributed by atoms with Gasteiger partial charge in [0.1, 0.15) is 17.1 Å². The standard InChI is InChI=1S/C10H10O2/c1-6-5-8-3-4-9(11)7(2)10(8)12-6/h3-5,11H,1-2H3. The predicted octanol–water partition coefficient (Wildman–Crippen LogP) is 2.76. The molecule has 0 aliphatic rings. The molecule has 0 saturated heterocycles. The predicted molar refractivity (Wildman–Crippen MR) is 47.4 cm³/mol. The molecule has 0 atom stereocenters. The first kappa shape index (κ1) is 7.22. The fourth-order valence-electron chi connectivity index (χ4n) is 1.36. The van der Waals surface area contributed by atoms with E-state index in [-0.39, 0.29) is 5.75 Å². The van der Waals surface area contributed by atoms with Gasteiger partial charge in [-0.1, -0.05) is 0 Å². The number of hydrogen-bond acceptors (Lipinski definition) is 2. The van der Waals surface area contributed by atoms with E-state index >= 15 is 0 Å². The number of benzene rings is 1. The highest BCUT2D eigenvalue weighted by atomic mass is 16.3. The zero-order valence-corrected chi connectivity index (χ0v) is 7.09. The molecular formula is C10H10O2. The number of phenolic OH excluding ortho intramolecular Hbond substituents is 1. The van der Waals surface area contributed by atoms with Crippen LogP contribution in [0.5, 0.6) is 5.75 Å². The second-order valence-corrected chi connectivity index (χ2v) is 2.99. The largest absolute Gasteiger partial charge is 0.508 e. The minimum absolute atomic E-state index is 0.289. The van der Waals surface area contributed by atoms with Crippen molar-refractivity contribution in [2.24, 2.45) is 0 Å². The summed E-state index contributed by atoms with van der Waals surface area (Å²) >= 11 is 0. The summed E-state index contributed by atoms with van der Waals surface area (Å²) in [5.74, 6) is 1.16. The summed E-state index contributed by atoms with van der Waals surface area (Å²) in [5, 5.41) is 10.4. The van der Waals surface area contributed by atoms with Crippen molar-refractivity contribution in [2.45, 2.75) is 13.8 Å². The summed E-state index contributed by atoms with van der Waals surface area (Å²) in [7, 11) is 0. The molecule has 0 amide bonds. The molecule has 1 N–H and O–H groups in total. The molecule has 1 heterocycles. The van der Waals surface area contributed by atoms with Crippen LogP contribution in [-0.2, 0) is 0 Å². The molecule has 0 unspecified atom stereocenters. The number of rotatable bonds is 0. The highest BCUT2D eigenvalue weighted by Gasteiger charge is 2.05. The Morgan fingerprint density at radius 1 is 1.25 bits per heavy atom. The van der Waals surface area contributed by atoms with E-state index < -0.39 is 0 Å². The monoisotopic (exact) mass is 162 g/mol. The first-order valence-corrected chi connectivity index (χ1v) is 3.87. The molecule has 2 rings (SSSR count). The number of aryl methyl sites for hydroxylation is 2. The Kier molecular flexibility index (Phi) is 1.37. The Labute approximate surface area is 70.4 Å². The Morgan fingerprint density at radius 2 is 2.00 bits per heavy atom. The van der Waals surface area contributed by atoms with Gasteiger partial charge in [-0.15, -0.1) is 0 Å². The maximum Gasteiger partial charge on any atom is 0.140 e. The highest BCUT2D eigenvalue weighted by Crippen LogP contribution is 2.28. The van der Waals surface area contributed by atoms with Crippen molar-refractivity contribution in [3.8, 4) is 5.75 Å². The van der Waals surface area contributed by atoms with Gasteiger partial charge in [-0.3, -0.25) is 0 Å². The van der Waals surface area contributed by atoms with Crippen molar-refractivity contribution in [1.82, 2.24) is 0 Å². The Morgan fingerprint density at radius 3 is 2.75 bits per heavy atom. The van der Waals surface area contributed by atoms with Gasteiger partial charge in [0.25, 0.3) is 0 Å². The van der Waals surface area contributed by atoms with Crippen molar-refractivity contribution < 1.29 is 9.52 Å². The summed E-state index contributed by atoms with van der Waals surface area (Å²) in [5.41, 5.74) is 1.59. The lowest BCUT2D eigenvalue weighted by atomic mass is 10.1. The van der Waals surface area contributed by atoms with Crippen LogP contribution in [0.1, 0.15) is 11.3 Å². The van der Waals surface area contributed by atoms with E-state index in [1.54, 1.807) is 6.07 Å². The summed E-state index contributed by atoms with van der Waals surface area (Å²) in [6.45, 7) is 3.75. The van der Waals surface area contributed by atoms with E-state index in [4.69, 9.17) is 4.42 Å². The smallest absolute Gasteiger partial charge is 0.140 e. The molecule has 2 aromatic rings. The van der Waals surface area contributed by atoms with Gasteiger partial charge in [-0.05, 0) is 32.0 Å². The molecule has 12 heavy (non-hydrogen) atoms. The fraction of sp³-hybridized carbons (Fsp3) is 0.200. The Bertz CT molecular complexity index is 427. The van der Waals surface area contributed by atoms with Crippen LogP contribution in [0.3, 0.4) is 0 Å². The third-order valence-electron chi connectivity index (χ3n) is 2.03. The van der Waals surface area contributed by atoms with Gasteiger partial charge in [0, 0.05) is 10.9 Å². The molecule has 2 nitrogen and oxygen atoms in total. The van der Waals surface area contributed by atoms with Crippen LogP contribution < -0.4 is 0 Å². The maximum absolute atomic E-state index is 9.37. The first-order valence-electron chi connectivity index (χ1n) is 3.87. The van der Waals surface area contributed by atoms with E-state index in [2.05, 4.69) is 0 Å². The molecule has 0 fully saturated rings. The zero-order valence-electron chi connectivity index (χ0n) is 7.09. The van der Waals surface area contributed by atoms with E-state index in [1.165, 1.54) is 0 Å². The first-order chi connectivity index (χ1) is 5.68. The number of hydrogen-bond donors (Lipinski definition) is 1. The van der Waals surface area contributed by atoms with Gasteiger partial charge in [-0.2, -0.15) is 0 Å². The van der Waals surface area contributed by atoms with Crippen LogP contribution in [0.15, 0.2) is 22.6 Å². The molecular weight excluding hydrogens is 152 g/mol. The molecule has 62 valence electrons. The van der Waals surface area contributed by atoms with Gasteiger partial charge < -0.3 is 9.52 Å². The van der Waals surface area contributed by atoms with Crippen LogP contribution in [-0.4, -0.2) is 5.11 Å². The lowest BCUT2D eigenvalue weighted by Gasteiger charge is -1.97. The SMILES string of the molecule is Cc1cc2ccc(O)c(C)c2o1. The summed E-state index contributed by atoms with van der Waals surface area (Å²) in [4.78, 5) is 0. The Balaban J connectivity index is 2.89. The molecule has 2 heteroatoms. The average Bonchev–Trinajstić information content (AvgIpc) is 2.39. The van der Waals surface area contributed by atoms with Crippen molar-refractivity contribution >= 4 is 11.0 Å². The van der Waals surface area contributed by atoms with E-state index in [9.17, 15) is 5.11 Å². The molecule has 0 aliphatic carbocycles. The van der Waals surface area contributed by atoms with Crippen molar-refractivity contribution in [3.05, 3.63) is 29.5 Å². The van der Waals surface area contributed by atoms with E-state index in [1.807, 2.05) is 26.0 Å². The average molecular weight is 162 g/mol. The van der Waals surface area contributed by atoms with Gasteiger partial charge >= 0.3 is 0 Å². The van der Waals surface area contributed by atoms with Crippen LogP contribution in [0.2, 0.25) is 0 Å². The lowest BCUT2D eigenvalue weighted by molar-refractivity contribution is 0.469. The number of furan rings is 1. The molecule has 0 aliphatic heterocycles. The van der Waals surface area contributed by atoms with Crippen LogP contribution in [0, 0.1) is 13.8 Å². The number of phenols is 1. The molecule has 0 radical (unpaired) electrons. The van der Waals surface area contributed by atoms with E-state index in [0.717, 1.165) is 22.3 Å². The van der Waals surface area contributed by atoms with Crippen molar-refractivity contribution in [3.63, 3.8) is 0 Å². The van der Waals surface area contributed by atoms with Crippen LogP contribution in [0.25, 0.3) is 11.0 Å². The molecule has 1 aromatic heterocycles. The van der Waals surface area contributed by atoms with Crippen LogP contribution >= 0.6 is 0 Å². The Hall–Kier alpha value is -1.44. The number of fused-ring (bicyclic) bond motifs is 1. The summed E-state index contributed by atoms with van der Waals surface area (Å²) < 4.78 is 5.42. The third kappa shape index (κ3) is 0.881. The van der Waals surface area contributed by atoms with Gasteiger partial charge in [0.15, 0.2) is 0 Å². The minimum atomic E-state index is 0.289. The topological polar surface area (TPSA) is 33.4 Å². The fourth-order valence-corrected chi connectivity index (χ4v) is 1.36. The molecule has 0 saturated carbocycles. The maximum atomic E-state index is 9.37. The van der Waals surface area contributed by atoms with Gasteiger partial charge in [-0.25, -0.2) is 0 Å². The second kappa shape index (κ2) is 2.27. The second-order valence-electron chi connectivity index (χ2n) is 2.99. The zero-order chi connectivity index (χ0) is 8.72. The quantitative estimate of drug-likeness (QED) is 0.646. The minimum Gasteiger partial charge on any atom is -0.508 e. The molecule has 1 aromatic carbocycles. The van der Waals surface area contributed by atoms with Gasteiger partial charge in [0.05, 0.1) is 0 Å².